The number of sulfonamides is 1. The van der Waals surface area contributed by atoms with E-state index < -0.39 is 28.4 Å². The van der Waals surface area contributed by atoms with E-state index in [0.29, 0.717) is 22.0 Å². The van der Waals surface area contributed by atoms with Crippen LogP contribution in [0.5, 0.6) is 11.5 Å². The van der Waals surface area contributed by atoms with E-state index in [0.717, 1.165) is 4.31 Å². The van der Waals surface area contributed by atoms with Crippen LogP contribution < -0.4 is 19.1 Å². The third-order valence-corrected chi connectivity index (χ3v) is 7.39. The molecule has 9 nitrogen and oxygen atoms in total. The van der Waals surface area contributed by atoms with E-state index >= 15 is 0 Å². The van der Waals surface area contributed by atoms with Crippen molar-refractivity contribution in [3.05, 3.63) is 76.8 Å². The number of anilines is 2. The fourth-order valence-corrected chi connectivity index (χ4v) is 5.01. The molecule has 0 radical (unpaired) electrons. The average Bonchev–Trinajstić information content (AvgIpc) is 2.88. The van der Waals surface area contributed by atoms with Crippen LogP contribution in [0.15, 0.2) is 65.6 Å². The number of halogens is 1. The summed E-state index contributed by atoms with van der Waals surface area (Å²) in [5.74, 6) is -0.579. The summed E-state index contributed by atoms with van der Waals surface area (Å²) < 4.78 is 43.9. The summed E-state index contributed by atoms with van der Waals surface area (Å²) in [5, 5.41) is 3.11. The Hall–Kier alpha value is -3.76. The van der Waals surface area contributed by atoms with Crippen LogP contribution in [-0.2, 0) is 19.6 Å². The molecule has 0 unspecified atom stereocenters. The lowest BCUT2D eigenvalue weighted by atomic mass is 10.1. The highest BCUT2D eigenvalue weighted by atomic mass is 35.5. The Kier molecular flexibility index (Phi) is 9.01. The summed E-state index contributed by atoms with van der Waals surface area (Å²) >= 11 is 6.00. The van der Waals surface area contributed by atoms with Crippen molar-refractivity contribution in [2.24, 2.45) is 0 Å². The van der Waals surface area contributed by atoms with Gasteiger partial charge in [-0.15, -0.1) is 0 Å². The van der Waals surface area contributed by atoms with Gasteiger partial charge in [-0.2, -0.15) is 0 Å². The molecule has 0 spiro atoms. The minimum atomic E-state index is -4.23. The summed E-state index contributed by atoms with van der Waals surface area (Å²) in [4.78, 5) is 25.1. The minimum absolute atomic E-state index is 0.103. The number of aryl methyl sites for hydroxylation is 1. The van der Waals surface area contributed by atoms with Gasteiger partial charge in [0.1, 0.15) is 6.54 Å². The van der Waals surface area contributed by atoms with Crippen LogP contribution in [0.3, 0.4) is 0 Å². The highest BCUT2D eigenvalue weighted by molar-refractivity contribution is 7.92. The van der Waals surface area contributed by atoms with Gasteiger partial charge in [0, 0.05) is 16.8 Å². The molecule has 1 N–H and O–H groups in total. The third-order valence-electron chi connectivity index (χ3n) is 5.37. The molecule has 0 aromatic heterocycles. The number of nitrogens with zero attached hydrogens (tertiary/aromatic N) is 1. The van der Waals surface area contributed by atoms with Crippen LogP contribution in [0.2, 0.25) is 5.02 Å². The number of hydrogen-bond donors (Lipinski definition) is 1. The molecule has 0 aliphatic carbocycles. The molecule has 196 valence electrons. The molecular weight excluding hydrogens is 520 g/mol. The van der Waals surface area contributed by atoms with E-state index in [-0.39, 0.29) is 28.5 Å². The fraction of sp³-hybridized carbons (Fsp3) is 0.231. The maximum Gasteiger partial charge on any atom is 0.338 e. The minimum Gasteiger partial charge on any atom is -0.493 e. The lowest BCUT2D eigenvalue weighted by molar-refractivity contribution is -0.114. The topological polar surface area (TPSA) is 111 Å². The molecule has 3 aromatic carbocycles. The van der Waals surface area contributed by atoms with Crippen LogP contribution in [0.4, 0.5) is 11.4 Å². The quantitative estimate of drug-likeness (QED) is 0.368. The number of hydrogen-bond acceptors (Lipinski definition) is 7. The van der Waals surface area contributed by atoms with Crippen LogP contribution in [0.25, 0.3) is 0 Å². The van der Waals surface area contributed by atoms with Crippen molar-refractivity contribution in [3.63, 3.8) is 0 Å². The molecule has 0 heterocycles. The zero-order valence-corrected chi connectivity index (χ0v) is 22.4. The van der Waals surface area contributed by atoms with Crippen molar-refractivity contribution in [1.82, 2.24) is 0 Å². The van der Waals surface area contributed by atoms with Gasteiger partial charge in [-0.05, 0) is 67.9 Å². The average molecular weight is 547 g/mol. The highest BCUT2D eigenvalue weighted by Gasteiger charge is 2.28. The summed E-state index contributed by atoms with van der Waals surface area (Å²) in [7, 11) is -1.40. The van der Waals surface area contributed by atoms with E-state index in [1.807, 2.05) is 0 Å². The second-order valence-electron chi connectivity index (χ2n) is 7.80. The summed E-state index contributed by atoms with van der Waals surface area (Å²) in [5.41, 5.74) is 1.53. The molecule has 0 bridgehead atoms. The van der Waals surface area contributed by atoms with Crippen LogP contribution in [0.1, 0.15) is 22.8 Å². The Morgan fingerprint density at radius 1 is 0.946 bits per heavy atom. The van der Waals surface area contributed by atoms with E-state index in [2.05, 4.69) is 5.32 Å². The number of amides is 1. The molecule has 3 aromatic rings. The Balaban J connectivity index is 1.97. The van der Waals surface area contributed by atoms with E-state index in [1.54, 1.807) is 26.0 Å². The molecule has 0 saturated heterocycles. The molecule has 0 fully saturated rings. The Morgan fingerprint density at radius 2 is 1.62 bits per heavy atom. The third kappa shape index (κ3) is 6.52. The van der Waals surface area contributed by atoms with E-state index in [1.165, 1.54) is 62.8 Å². The smallest absolute Gasteiger partial charge is 0.338 e. The Labute approximate surface area is 221 Å². The zero-order valence-electron chi connectivity index (χ0n) is 20.8. The molecule has 0 atom stereocenters. The molecular formula is C26H27ClN2O7S. The lowest BCUT2D eigenvalue weighted by Crippen LogP contribution is -2.38. The number of methoxy groups -OCH3 is 2. The summed E-state index contributed by atoms with van der Waals surface area (Å²) in [6.45, 7) is 3.10. The molecule has 0 aliphatic rings. The van der Waals surface area contributed by atoms with Gasteiger partial charge < -0.3 is 19.5 Å². The fourth-order valence-electron chi connectivity index (χ4n) is 3.44. The molecule has 0 saturated carbocycles. The number of nitrogens with one attached hydrogen (secondary N) is 1. The molecule has 37 heavy (non-hydrogen) atoms. The van der Waals surface area contributed by atoms with Crippen molar-refractivity contribution in [2.45, 2.75) is 18.7 Å². The van der Waals surface area contributed by atoms with Crippen molar-refractivity contribution in [3.8, 4) is 11.5 Å². The first-order chi connectivity index (χ1) is 17.6. The molecule has 0 aliphatic heterocycles. The predicted molar refractivity (Wildman–Crippen MR) is 141 cm³/mol. The Morgan fingerprint density at radius 3 is 2.24 bits per heavy atom. The van der Waals surface area contributed by atoms with E-state index in [9.17, 15) is 18.0 Å². The maximum atomic E-state index is 13.7. The van der Waals surface area contributed by atoms with Crippen molar-refractivity contribution in [1.29, 1.82) is 0 Å². The first-order valence-electron chi connectivity index (χ1n) is 11.2. The van der Waals surface area contributed by atoms with Crippen molar-refractivity contribution in [2.75, 3.05) is 37.0 Å². The van der Waals surface area contributed by atoms with Crippen LogP contribution >= 0.6 is 11.6 Å². The van der Waals surface area contributed by atoms with Gasteiger partial charge in [0.05, 0.1) is 37.0 Å². The first-order valence-corrected chi connectivity index (χ1v) is 13.0. The van der Waals surface area contributed by atoms with Gasteiger partial charge in [0.15, 0.2) is 11.5 Å². The number of carbonyl (C=O) groups excluding carboxylic acids is 2. The zero-order chi connectivity index (χ0) is 27.2. The normalized spacial score (nSPS) is 10.9. The second kappa shape index (κ2) is 12.0. The van der Waals surface area contributed by atoms with Gasteiger partial charge >= 0.3 is 5.97 Å². The standard InChI is InChI=1S/C26H27ClN2O7S/c1-5-36-26(31)18-7-6-17(2)22(14-18)28-25(30)16-29(20-10-8-19(27)9-11-20)37(32,33)21-12-13-23(34-3)24(15-21)35-4/h6-15H,5,16H2,1-4H3,(H,28,30). The van der Waals surface area contributed by atoms with Crippen LogP contribution in [0, 0.1) is 6.92 Å². The monoisotopic (exact) mass is 546 g/mol. The van der Waals surface area contributed by atoms with Gasteiger partial charge in [0.25, 0.3) is 10.0 Å². The highest BCUT2D eigenvalue weighted by Crippen LogP contribution is 2.32. The number of benzene rings is 3. The molecule has 11 heteroatoms. The second-order valence-corrected chi connectivity index (χ2v) is 10.1. The van der Waals surface area contributed by atoms with E-state index in [4.69, 9.17) is 25.8 Å². The summed E-state index contributed by atoms with van der Waals surface area (Å²) in [6.07, 6.45) is 0. The number of esters is 1. The van der Waals surface area contributed by atoms with Gasteiger partial charge in [0.2, 0.25) is 5.91 Å². The first kappa shape index (κ1) is 27.8. The largest absolute Gasteiger partial charge is 0.493 e. The number of ether oxygens (including phenoxy) is 3. The number of rotatable bonds is 10. The molecule has 1 amide bonds. The lowest BCUT2D eigenvalue weighted by Gasteiger charge is -2.25. The van der Waals surface area contributed by atoms with Crippen molar-refractivity contribution < 1.29 is 32.2 Å². The van der Waals surface area contributed by atoms with Gasteiger partial charge in [-0.3, -0.25) is 9.10 Å². The Bertz CT molecular complexity index is 1390. The predicted octanol–water partition coefficient (Wildman–Crippen LogP) is 4.68. The van der Waals surface area contributed by atoms with Crippen molar-refractivity contribution >= 4 is 44.9 Å². The van der Waals surface area contributed by atoms with Gasteiger partial charge in [-0.1, -0.05) is 17.7 Å². The van der Waals surface area contributed by atoms with Crippen LogP contribution in [-0.4, -0.2) is 47.7 Å². The SMILES string of the molecule is CCOC(=O)c1ccc(C)c(NC(=O)CN(c2ccc(Cl)cc2)S(=O)(=O)c2ccc(OC)c(OC)c2)c1. The summed E-state index contributed by atoms with van der Waals surface area (Å²) in [6, 6.07) is 15.0. The molecule has 3 rings (SSSR count). The maximum absolute atomic E-state index is 13.7. The number of carbonyl (C=O) groups is 2. The van der Waals surface area contributed by atoms with Gasteiger partial charge in [-0.25, -0.2) is 13.2 Å².